The highest BCUT2D eigenvalue weighted by Gasteiger charge is 2.42. The Kier molecular flexibility index (Phi) is 3.94. The van der Waals surface area contributed by atoms with Crippen molar-refractivity contribution in [3.05, 3.63) is 24.3 Å². The van der Waals surface area contributed by atoms with Crippen molar-refractivity contribution in [2.45, 2.75) is 35.9 Å². The lowest BCUT2D eigenvalue weighted by Crippen LogP contribution is -2.41. The molecule has 2 aliphatic heterocycles. The standard InChI is InChI=1S/C15H21NO4S/c1-21(17,18)14-5-3-2-4-13(14)20-12-10-15(19-11-12)6-8-16-9-7-15/h2-5,12,16H,6-11H2,1H3. The van der Waals surface area contributed by atoms with Gasteiger partial charge in [0.15, 0.2) is 9.84 Å². The lowest BCUT2D eigenvalue weighted by atomic mass is 9.89. The van der Waals surface area contributed by atoms with E-state index in [-0.39, 0.29) is 16.6 Å². The van der Waals surface area contributed by atoms with Gasteiger partial charge in [0.25, 0.3) is 0 Å². The van der Waals surface area contributed by atoms with E-state index in [9.17, 15) is 8.42 Å². The number of sulfone groups is 1. The summed E-state index contributed by atoms with van der Waals surface area (Å²) in [6, 6.07) is 6.80. The van der Waals surface area contributed by atoms with Crippen molar-refractivity contribution in [2.75, 3.05) is 26.0 Å². The largest absolute Gasteiger partial charge is 0.487 e. The summed E-state index contributed by atoms with van der Waals surface area (Å²) in [5, 5.41) is 3.33. The van der Waals surface area contributed by atoms with E-state index in [0.29, 0.717) is 12.4 Å². The maximum Gasteiger partial charge on any atom is 0.179 e. The third-order valence-corrected chi connectivity index (χ3v) is 5.37. The van der Waals surface area contributed by atoms with Crippen molar-refractivity contribution in [1.29, 1.82) is 0 Å². The van der Waals surface area contributed by atoms with Crippen LogP contribution in [0.5, 0.6) is 5.75 Å². The van der Waals surface area contributed by atoms with Gasteiger partial charge in [0.2, 0.25) is 0 Å². The summed E-state index contributed by atoms with van der Waals surface area (Å²) < 4.78 is 35.5. The van der Waals surface area contributed by atoms with Crippen LogP contribution in [-0.4, -0.2) is 46.1 Å². The predicted molar refractivity (Wildman–Crippen MR) is 79.4 cm³/mol. The number of ether oxygens (including phenoxy) is 2. The second-order valence-corrected chi connectivity index (χ2v) is 7.89. The van der Waals surface area contributed by atoms with E-state index in [4.69, 9.17) is 9.47 Å². The minimum absolute atomic E-state index is 0.0778. The smallest absolute Gasteiger partial charge is 0.179 e. The Bertz CT molecular complexity index is 608. The van der Waals surface area contributed by atoms with Crippen molar-refractivity contribution in [3.8, 4) is 5.75 Å². The normalized spacial score (nSPS) is 25.1. The number of piperidine rings is 1. The Morgan fingerprint density at radius 1 is 1.29 bits per heavy atom. The van der Waals surface area contributed by atoms with Crippen molar-refractivity contribution in [1.82, 2.24) is 5.32 Å². The molecule has 116 valence electrons. The fourth-order valence-corrected chi connectivity index (χ4v) is 3.95. The zero-order valence-electron chi connectivity index (χ0n) is 12.2. The van der Waals surface area contributed by atoms with E-state index >= 15 is 0 Å². The van der Waals surface area contributed by atoms with E-state index < -0.39 is 9.84 Å². The molecule has 0 bridgehead atoms. The minimum Gasteiger partial charge on any atom is -0.487 e. The first-order valence-corrected chi connectivity index (χ1v) is 9.18. The van der Waals surface area contributed by atoms with Crippen molar-refractivity contribution >= 4 is 9.84 Å². The molecule has 1 spiro atoms. The van der Waals surface area contributed by atoms with E-state index in [1.54, 1.807) is 24.3 Å². The molecule has 2 heterocycles. The molecule has 0 saturated carbocycles. The summed E-state index contributed by atoms with van der Waals surface area (Å²) in [5.74, 6) is 0.430. The van der Waals surface area contributed by atoms with Gasteiger partial charge < -0.3 is 14.8 Å². The molecule has 21 heavy (non-hydrogen) atoms. The minimum atomic E-state index is -3.28. The summed E-state index contributed by atoms with van der Waals surface area (Å²) in [6.07, 6.45) is 3.92. The molecule has 6 heteroatoms. The van der Waals surface area contributed by atoms with Crippen LogP contribution >= 0.6 is 0 Å². The molecule has 2 saturated heterocycles. The van der Waals surface area contributed by atoms with Gasteiger partial charge in [-0.3, -0.25) is 0 Å². The lowest BCUT2D eigenvalue weighted by Gasteiger charge is -2.32. The Morgan fingerprint density at radius 2 is 2.00 bits per heavy atom. The molecular weight excluding hydrogens is 290 g/mol. The molecule has 3 rings (SSSR count). The number of hydrogen-bond donors (Lipinski definition) is 1. The Balaban J connectivity index is 1.74. The highest BCUT2D eigenvalue weighted by molar-refractivity contribution is 7.90. The highest BCUT2D eigenvalue weighted by atomic mass is 32.2. The van der Waals surface area contributed by atoms with Gasteiger partial charge in [0, 0.05) is 12.7 Å². The first-order chi connectivity index (χ1) is 9.99. The van der Waals surface area contributed by atoms with E-state index in [1.807, 2.05) is 0 Å². The highest BCUT2D eigenvalue weighted by Crippen LogP contribution is 2.36. The fraction of sp³-hybridized carbons (Fsp3) is 0.600. The SMILES string of the molecule is CS(=O)(=O)c1ccccc1OC1COC2(CCNCC2)C1. The molecule has 0 amide bonds. The van der Waals surface area contributed by atoms with Crippen LogP contribution in [0.1, 0.15) is 19.3 Å². The molecule has 0 aliphatic carbocycles. The monoisotopic (exact) mass is 311 g/mol. The maximum absolute atomic E-state index is 11.8. The topological polar surface area (TPSA) is 64.6 Å². The van der Waals surface area contributed by atoms with Crippen LogP contribution in [0.25, 0.3) is 0 Å². The molecule has 5 nitrogen and oxygen atoms in total. The molecule has 0 radical (unpaired) electrons. The van der Waals surface area contributed by atoms with Crippen LogP contribution in [0, 0.1) is 0 Å². The Morgan fingerprint density at radius 3 is 2.71 bits per heavy atom. The number of para-hydroxylation sites is 1. The summed E-state index contributed by atoms with van der Waals surface area (Å²) in [4.78, 5) is 0.247. The third kappa shape index (κ3) is 3.22. The van der Waals surface area contributed by atoms with Gasteiger partial charge in [-0.05, 0) is 38.1 Å². The molecule has 1 aromatic carbocycles. The third-order valence-electron chi connectivity index (χ3n) is 4.23. The van der Waals surface area contributed by atoms with Crippen LogP contribution in [0.2, 0.25) is 0 Å². The van der Waals surface area contributed by atoms with Gasteiger partial charge in [0.1, 0.15) is 16.7 Å². The number of nitrogens with one attached hydrogen (secondary N) is 1. The van der Waals surface area contributed by atoms with Gasteiger partial charge in [0.05, 0.1) is 12.2 Å². The average Bonchev–Trinajstić information content (AvgIpc) is 2.81. The quantitative estimate of drug-likeness (QED) is 0.913. The molecule has 2 fully saturated rings. The Hall–Kier alpha value is -1.11. The molecule has 2 aliphatic rings. The summed E-state index contributed by atoms with van der Waals surface area (Å²) in [5.41, 5.74) is -0.0874. The zero-order chi connectivity index (χ0) is 14.9. The van der Waals surface area contributed by atoms with E-state index in [0.717, 1.165) is 32.4 Å². The zero-order valence-corrected chi connectivity index (χ0v) is 13.0. The van der Waals surface area contributed by atoms with Gasteiger partial charge in [-0.1, -0.05) is 12.1 Å². The van der Waals surface area contributed by atoms with Gasteiger partial charge in [-0.2, -0.15) is 0 Å². The van der Waals surface area contributed by atoms with Crippen molar-refractivity contribution < 1.29 is 17.9 Å². The van der Waals surface area contributed by atoms with Gasteiger partial charge >= 0.3 is 0 Å². The van der Waals surface area contributed by atoms with E-state index in [1.165, 1.54) is 6.26 Å². The molecular formula is C15H21NO4S. The molecule has 0 aromatic heterocycles. The Labute approximate surface area is 125 Å². The van der Waals surface area contributed by atoms with Crippen molar-refractivity contribution in [2.24, 2.45) is 0 Å². The van der Waals surface area contributed by atoms with Gasteiger partial charge in [-0.15, -0.1) is 0 Å². The molecule has 1 N–H and O–H groups in total. The summed E-state index contributed by atoms with van der Waals surface area (Å²) in [7, 11) is -3.28. The van der Waals surface area contributed by atoms with Crippen LogP contribution in [-0.2, 0) is 14.6 Å². The van der Waals surface area contributed by atoms with Crippen LogP contribution in [0.3, 0.4) is 0 Å². The predicted octanol–water partition coefficient (Wildman–Crippen LogP) is 1.38. The van der Waals surface area contributed by atoms with Crippen LogP contribution < -0.4 is 10.1 Å². The number of rotatable bonds is 3. The maximum atomic E-state index is 11.8. The molecule has 1 unspecified atom stereocenters. The second kappa shape index (κ2) is 5.59. The second-order valence-electron chi connectivity index (χ2n) is 5.91. The number of benzene rings is 1. The number of hydrogen-bond acceptors (Lipinski definition) is 5. The summed E-state index contributed by atoms with van der Waals surface area (Å²) in [6.45, 7) is 2.46. The molecule has 1 aromatic rings. The average molecular weight is 311 g/mol. The van der Waals surface area contributed by atoms with Crippen molar-refractivity contribution in [3.63, 3.8) is 0 Å². The first kappa shape index (κ1) is 14.8. The summed E-state index contributed by atoms with van der Waals surface area (Å²) >= 11 is 0. The lowest BCUT2D eigenvalue weighted by molar-refractivity contribution is -0.0205. The van der Waals surface area contributed by atoms with Crippen LogP contribution in [0.15, 0.2) is 29.2 Å². The van der Waals surface area contributed by atoms with Gasteiger partial charge in [-0.25, -0.2) is 8.42 Å². The first-order valence-electron chi connectivity index (χ1n) is 7.29. The van der Waals surface area contributed by atoms with E-state index in [2.05, 4.69) is 5.32 Å². The fourth-order valence-electron chi connectivity index (χ4n) is 3.14. The van der Waals surface area contributed by atoms with Crippen LogP contribution in [0.4, 0.5) is 0 Å². The molecule has 1 atom stereocenters.